The van der Waals surface area contributed by atoms with Crippen molar-refractivity contribution in [2.24, 2.45) is 17.8 Å². The third kappa shape index (κ3) is 0.920. The van der Waals surface area contributed by atoms with Crippen molar-refractivity contribution in [3.8, 4) is 0 Å². The van der Waals surface area contributed by atoms with Crippen molar-refractivity contribution in [2.75, 3.05) is 0 Å². The standard InChI is InChI=1S/C15H24O2/c1-9(2)13-7-5-10(3)14-8-6-11(4)15(14,17-14)12(13)16-13/h9-12H,5-8H2,1-4H3. The van der Waals surface area contributed by atoms with Gasteiger partial charge < -0.3 is 9.47 Å². The Hall–Kier alpha value is -0.0800. The molecule has 2 aliphatic carbocycles. The molecule has 2 aliphatic heterocycles. The molecule has 0 bridgehead atoms. The van der Waals surface area contributed by atoms with Crippen LogP contribution in [0.1, 0.15) is 53.4 Å². The number of epoxide rings is 2. The van der Waals surface area contributed by atoms with E-state index in [1.807, 2.05) is 0 Å². The second kappa shape index (κ2) is 2.75. The monoisotopic (exact) mass is 236 g/mol. The van der Waals surface area contributed by atoms with Gasteiger partial charge in [-0.05, 0) is 43.4 Å². The van der Waals surface area contributed by atoms with Gasteiger partial charge in [-0.15, -0.1) is 0 Å². The molecule has 6 atom stereocenters. The van der Waals surface area contributed by atoms with Crippen LogP contribution in [0.5, 0.6) is 0 Å². The third-order valence-corrected chi connectivity index (χ3v) is 6.51. The van der Waals surface area contributed by atoms with Crippen LogP contribution in [-0.4, -0.2) is 22.9 Å². The first-order valence-corrected chi connectivity index (χ1v) is 7.37. The molecule has 4 fully saturated rings. The lowest BCUT2D eigenvalue weighted by atomic mass is 9.78. The number of hydrogen-bond donors (Lipinski definition) is 0. The minimum Gasteiger partial charge on any atom is -0.362 e. The normalized spacial score (nSPS) is 63.7. The van der Waals surface area contributed by atoms with E-state index >= 15 is 0 Å². The molecule has 0 aromatic heterocycles. The van der Waals surface area contributed by atoms with E-state index in [-0.39, 0.29) is 16.8 Å². The summed E-state index contributed by atoms with van der Waals surface area (Å²) >= 11 is 0. The largest absolute Gasteiger partial charge is 0.362 e. The summed E-state index contributed by atoms with van der Waals surface area (Å²) in [7, 11) is 0. The van der Waals surface area contributed by atoms with Crippen molar-refractivity contribution in [1.29, 1.82) is 0 Å². The minimum absolute atomic E-state index is 0.104. The Morgan fingerprint density at radius 1 is 1.06 bits per heavy atom. The van der Waals surface area contributed by atoms with Gasteiger partial charge >= 0.3 is 0 Å². The Kier molecular flexibility index (Phi) is 1.75. The molecule has 4 aliphatic rings. The predicted molar refractivity (Wildman–Crippen MR) is 65.8 cm³/mol. The molecule has 0 aromatic carbocycles. The summed E-state index contributed by atoms with van der Waals surface area (Å²) in [5.74, 6) is 2.04. The van der Waals surface area contributed by atoms with Crippen LogP contribution in [-0.2, 0) is 9.47 Å². The molecule has 0 amide bonds. The molecule has 0 spiro atoms. The summed E-state index contributed by atoms with van der Waals surface area (Å²) in [6.45, 7) is 9.41. The number of ether oxygens (including phenoxy) is 2. The minimum atomic E-state index is 0.104. The Morgan fingerprint density at radius 3 is 2.47 bits per heavy atom. The van der Waals surface area contributed by atoms with Crippen LogP contribution >= 0.6 is 0 Å². The quantitative estimate of drug-likeness (QED) is 0.653. The molecule has 2 nitrogen and oxygen atoms in total. The fraction of sp³-hybridized carbons (Fsp3) is 1.00. The van der Waals surface area contributed by atoms with Gasteiger partial charge in [-0.3, -0.25) is 0 Å². The zero-order chi connectivity index (χ0) is 12.1. The Balaban J connectivity index is 1.77. The molecule has 0 radical (unpaired) electrons. The van der Waals surface area contributed by atoms with Crippen molar-refractivity contribution in [1.82, 2.24) is 0 Å². The molecule has 17 heavy (non-hydrogen) atoms. The maximum Gasteiger partial charge on any atom is 0.130 e. The van der Waals surface area contributed by atoms with E-state index in [9.17, 15) is 0 Å². The zero-order valence-electron chi connectivity index (χ0n) is 11.5. The molecule has 96 valence electrons. The number of rotatable bonds is 1. The topological polar surface area (TPSA) is 25.1 Å². The van der Waals surface area contributed by atoms with E-state index < -0.39 is 0 Å². The highest BCUT2D eigenvalue weighted by Crippen LogP contribution is 2.76. The highest BCUT2D eigenvalue weighted by atomic mass is 16.7. The highest BCUT2D eigenvalue weighted by molar-refractivity contribution is 5.36. The van der Waals surface area contributed by atoms with Crippen LogP contribution in [0.25, 0.3) is 0 Å². The van der Waals surface area contributed by atoms with Crippen LogP contribution in [0, 0.1) is 17.8 Å². The molecule has 2 saturated heterocycles. The lowest BCUT2D eigenvalue weighted by molar-refractivity contribution is 0.131. The van der Waals surface area contributed by atoms with Gasteiger partial charge in [0.15, 0.2) is 0 Å². The molecule has 2 saturated carbocycles. The van der Waals surface area contributed by atoms with E-state index in [2.05, 4.69) is 27.7 Å². The van der Waals surface area contributed by atoms with Crippen molar-refractivity contribution in [3.05, 3.63) is 0 Å². The van der Waals surface area contributed by atoms with Crippen LogP contribution in [0.3, 0.4) is 0 Å². The molecular formula is C15H24O2. The maximum atomic E-state index is 6.40. The lowest BCUT2D eigenvalue weighted by Crippen LogP contribution is -2.37. The average molecular weight is 236 g/mol. The van der Waals surface area contributed by atoms with Crippen molar-refractivity contribution in [3.63, 3.8) is 0 Å². The van der Waals surface area contributed by atoms with E-state index in [1.165, 1.54) is 25.7 Å². The highest BCUT2D eigenvalue weighted by Gasteiger charge is 2.88. The van der Waals surface area contributed by atoms with Gasteiger partial charge in [0.1, 0.15) is 22.9 Å². The molecular weight excluding hydrogens is 212 g/mol. The first-order chi connectivity index (χ1) is 8.00. The third-order valence-electron chi connectivity index (χ3n) is 6.51. The summed E-state index contributed by atoms with van der Waals surface area (Å²) < 4.78 is 12.7. The van der Waals surface area contributed by atoms with Gasteiger partial charge in [0, 0.05) is 0 Å². The predicted octanol–water partition coefficient (Wildman–Crippen LogP) is 3.15. The van der Waals surface area contributed by atoms with Gasteiger partial charge in [-0.1, -0.05) is 27.7 Å². The van der Waals surface area contributed by atoms with E-state index in [0.717, 1.165) is 5.92 Å². The summed E-state index contributed by atoms with van der Waals surface area (Å²) in [6.07, 6.45) is 5.53. The van der Waals surface area contributed by atoms with Crippen molar-refractivity contribution < 1.29 is 9.47 Å². The average Bonchev–Trinajstić information content (AvgIpc) is 3.14. The van der Waals surface area contributed by atoms with Crippen LogP contribution < -0.4 is 0 Å². The number of fused-ring (bicyclic) bond motifs is 1. The SMILES string of the molecule is CC(C)C12CCC(C)C34CCC(C)C3(O4)C1O2. The smallest absolute Gasteiger partial charge is 0.130 e. The van der Waals surface area contributed by atoms with Crippen molar-refractivity contribution >= 4 is 0 Å². The van der Waals surface area contributed by atoms with Crippen LogP contribution in [0.2, 0.25) is 0 Å². The van der Waals surface area contributed by atoms with Gasteiger partial charge in [0.25, 0.3) is 0 Å². The molecule has 4 rings (SSSR count). The van der Waals surface area contributed by atoms with E-state index in [0.29, 0.717) is 17.9 Å². The zero-order valence-corrected chi connectivity index (χ0v) is 11.5. The Morgan fingerprint density at radius 2 is 1.76 bits per heavy atom. The van der Waals surface area contributed by atoms with Crippen molar-refractivity contribution in [2.45, 2.75) is 76.3 Å². The Bertz CT molecular complexity index is 379. The van der Waals surface area contributed by atoms with E-state index in [4.69, 9.17) is 9.47 Å². The van der Waals surface area contributed by atoms with Crippen LogP contribution in [0.15, 0.2) is 0 Å². The first-order valence-electron chi connectivity index (χ1n) is 7.37. The second-order valence-corrected chi connectivity index (χ2v) is 7.27. The summed E-state index contributed by atoms with van der Waals surface area (Å²) in [6, 6.07) is 0. The maximum absolute atomic E-state index is 6.40. The molecule has 6 unspecified atom stereocenters. The molecule has 0 N–H and O–H groups in total. The first kappa shape index (κ1) is 10.8. The fourth-order valence-electron chi connectivity index (χ4n) is 5.18. The number of hydrogen-bond acceptors (Lipinski definition) is 2. The summed E-state index contributed by atoms with van der Waals surface area (Å²) in [5.41, 5.74) is 0.461. The second-order valence-electron chi connectivity index (χ2n) is 7.27. The molecule has 2 heterocycles. The lowest BCUT2D eigenvalue weighted by Gasteiger charge is -2.21. The summed E-state index contributed by atoms with van der Waals surface area (Å²) in [5, 5.41) is 0. The fourth-order valence-corrected chi connectivity index (χ4v) is 5.18. The summed E-state index contributed by atoms with van der Waals surface area (Å²) in [4.78, 5) is 0. The van der Waals surface area contributed by atoms with Crippen LogP contribution in [0.4, 0.5) is 0 Å². The molecule has 0 aromatic rings. The van der Waals surface area contributed by atoms with Gasteiger partial charge in [0.05, 0.1) is 0 Å². The van der Waals surface area contributed by atoms with Gasteiger partial charge in [0.2, 0.25) is 0 Å². The van der Waals surface area contributed by atoms with E-state index in [1.54, 1.807) is 0 Å². The van der Waals surface area contributed by atoms with Gasteiger partial charge in [-0.25, -0.2) is 0 Å². The molecule has 2 heteroatoms. The van der Waals surface area contributed by atoms with Gasteiger partial charge in [-0.2, -0.15) is 0 Å². The Labute approximate surface area is 104 Å².